The second kappa shape index (κ2) is 13.1. The summed E-state index contributed by atoms with van der Waals surface area (Å²) in [5, 5.41) is 6.51. The third-order valence-corrected chi connectivity index (χ3v) is 3.79. The van der Waals surface area contributed by atoms with Crippen LogP contribution in [0.3, 0.4) is 0 Å². The largest absolute Gasteiger partial charge is 0.378 e. The lowest BCUT2D eigenvalue weighted by Gasteiger charge is -2.26. The fourth-order valence-corrected chi connectivity index (χ4v) is 2.52. The van der Waals surface area contributed by atoms with Crippen molar-refractivity contribution < 1.29 is 9.47 Å². The Kier molecular flexibility index (Phi) is 14.9. The average Bonchev–Trinajstić information content (AvgIpc) is 2.39. The Morgan fingerprint density at radius 1 is 0.750 bits per heavy atom. The molecule has 2 aliphatic heterocycles. The van der Waals surface area contributed by atoms with Gasteiger partial charge in [-0.1, -0.05) is 0 Å². The zero-order chi connectivity index (χ0) is 13.4. The molecule has 2 heterocycles. The molecule has 124 valence electrons. The minimum absolute atomic E-state index is 0. The fraction of sp³-hybridized carbons (Fsp3) is 1.00. The number of halogens is 2. The Balaban J connectivity index is 0. The van der Waals surface area contributed by atoms with Crippen LogP contribution < -0.4 is 10.6 Å². The third-order valence-electron chi connectivity index (χ3n) is 3.79. The summed E-state index contributed by atoms with van der Waals surface area (Å²) in [4.78, 5) is 0. The van der Waals surface area contributed by atoms with Gasteiger partial charge in [0, 0.05) is 25.3 Å². The van der Waals surface area contributed by atoms with E-state index < -0.39 is 0 Å². The minimum atomic E-state index is 0. The van der Waals surface area contributed by atoms with Gasteiger partial charge in [-0.2, -0.15) is 0 Å². The van der Waals surface area contributed by atoms with Crippen LogP contribution in [-0.4, -0.2) is 51.6 Å². The van der Waals surface area contributed by atoms with Gasteiger partial charge in [0.2, 0.25) is 0 Å². The molecule has 0 aliphatic carbocycles. The highest BCUT2D eigenvalue weighted by Crippen LogP contribution is 2.12. The molecule has 0 unspecified atom stereocenters. The van der Waals surface area contributed by atoms with Crippen LogP contribution in [0, 0.1) is 0 Å². The highest BCUT2D eigenvalue weighted by Gasteiger charge is 2.17. The monoisotopic (exact) mass is 330 g/mol. The van der Waals surface area contributed by atoms with E-state index in [1.54, 1.807) is 0 Å². The standard InChI is InChI=1S/2C7H15NO.2ClH/c2*1-6-5-7(8-2)3-4-9-6;;/h2*6-8H,3-5H2,1-2H3;2*1H/t2*6-,7+;;/m10../s1. The van der Waals surface area contributed by atoms with Gasteiger partial charge in [0.1, 0.15) is 0 Å². The van der Waals surface area contributed by atoms with E-state index in [1.165, 1.54) is 12.8 Å². The maximum absolute atomic E-state index is 5.37. The van der Waals surface area contributed by atoms with Crippen molar-refractivity contribution in [3.63, 3.8) is 0 Å². The molecule has 0 amide bonds. The van der Waals surface area contributed by atoms with Gasteiger partial charge in [0.25, 0.3) is 0 Å². The highest BCUT2D eigenvalue weighted by atomic mass is 35.5. The number of ether oxygens (including phenoxy) is 2. The Hall–Kier alpha value is 0.420. The van der Waals surface area contributed by atoms with Gasteiger partial charge >= 0.3 is 0 Å². The number of hydrogen-bond donors (Lipinski definition) is 2. The second-order valence-electron chi connectivity index (χ2n) is 5.38. The molecule has 2 saturated heterocycles. The molecule has 0 spiro atoms. The van der Waals surface area contributed by atoms with Crippen molar-refractivity contribution in [3.8, 4) is 0 Å². The molecule has 0 bridgehead atoms. The Morgan fingerprint density at radius 2 is 1.10 bits per heavy atom. The van der Waals surface area contributed by atoms with Crippen LogP contribution in [0.25, 0.3) is 0 Å². The topological polar surface area (TPSA) is 42.5 Å². The lowest BCUT2D eigenvalue weighted by molar-refractivity contribution is 0.0145. The molecule has 0 aromatic rings. The Bertz CT molecular complexity index is 201. The lowest BCUT2D eigenvalue weighted by atomic mass is 10.1. The normalized spacial score (nSPS) is 33.0. The molecule has 2 rings (SSSR count). The first-order chi connectivity index (χ1) is 8.65. The van der Waals surface area contributed by atoms with E-state index in [1.807, 2.05) is 14.1 Å². The van der Waals surface area contributed by atoms with Gasteiger partial charge in [-0.05, 0) is 53.6 Å². The smallest absolute Gasteiger partial charge is 0.0561 e. The van der Waals surface area contributed by atoms with Crippen LogP contribution in [0.1, 0.15) is 39.5 Å². The van der Waals surface area contributed by atoms with Crippen molar-refractivity contribution in [2.75, 3.05) is 27.3 Å². The first-order valence-electron chi connectivity index (χ1n) is 7.23. The fourth-order valence-electron chi connectivity index (χ4n) is 2.52. The summed E-state index contributed by atoms with van der Waals surface area (Å²) in [5.41, 5.74) is 0. The summed E-state index contributed by atoms with van der Waals surface area (Å²) in [5.74, 6) is 0. The van der Waals surface area contributed by atoms with Crippen molar-refractivity contribution >= 4 is 24.8 Å². The van der Waals surface area contributed by atoms with Crippen LogP contribution in [0.15, 0.2) is 0 Å². The minimum Gasteiger partial charge on any atom is -0.378 e. The summed E-state index contributed by atoms with van der Waals surface area (Å²) >= 11 is 0. The second-order valence-corrected chi connectivity index (χ2v) is 5.38. The van der Waals surface area contributed by atoms with Gasteiger partial charge < -0.3 is 20.1 Å². The van der Waals surface area contributed by atoms with E-state index in [4.69, 9.17) is 9.47 Å². The van der Waals surface area contributed by atoms with E-state index >= 15 is 0 Å². The van der Waals surface area contributed by atoms with Crippen LogP contribution >= 0.6 is 24.8 Å². The van der Waals surface area contributed by atoms with Crippen LogP contribution in [-0.2, 0) is 9.47 Å². The van der Waals surface area contributed by atoms with Gasteiger partial charge in [-0.25, -0.2) is 0 Å². The number of nitrogens with one attached hydrogen (secondary N) is 2. The van der Waals surface area contributed by atoms with Gasteiger partial charge in [-0.3, -0.25) is 0 Å². The molecule has 20 heavy (non-hydrogen) atoms. The summed E-state index contributed by atoms with van der Waals surface area (Å²) in [6, 6.07) is 1.38. The van der Waals surface area contributed by atoms with Crippen LogP contribution in [0.2, 0.25) is 0 Å². The van der Waals surface area contributed by atoms with Crippen LogP contribution in [0.4, 0.5) is 0 Å². The molecule has 2 aliphatic rings. The molecule has 4 nitrogen and oxygen atoms in total. The molecule has 0 saturated carbocycles. The summed E-state index contributed by atoms with van der Waals surface area (Å²) in [6.07, 6.45) is 5.57. The zero-order valence-electron chi connectivity index (χ0n) is 13.2. The van der Waals surface area contributed by atoms with Crippen molar-refractivity contribution in [2.45, 2.75) is 63.8 Å². The summed E-state index contributed by atoms with van der Waals surface area (Å²) < 4.78 is 10.7. The lowest BCUT2D eigenvalue weighted by Crippen LogP contribution is -2.35. The van der Waals surface area contributed by atoms with Crippen molar-refractivity contribution in [3.05, 3.63) is 0 Å². The van der Waals surface area contributed by atoms with E-state index in [-0.39, 0.29) is 24.8 Å². The van der Waals surface area contributed by atoms with Gasteiger partial charge in [0.15, 0.2) is 0 Å². The van der Waals surface area contributed by atoms with E-state index in [0.29, 0.717) is 24.3 Å². The summed E-state index contributed by atoms with van der Waals surface area (Å²) in [7, 11) is 4.03. The molecular formula is C14H32Cl2N2O2. The van der Waals surface area contributed by atoms with Gasteiger partial charge in [-0.15, -0.1) is 24.8 Å². The maximum Gasteiger partial charge on any atom is 0.0561 e. The summed E-state index contributed by atoms with van der Waals surface area (Å²) in [6.45, 7) is 6.10. The molecular weight excluding hydrogens is 299 g/mol. The Morgan fingerprint density at radius 3 is 1.30 bits per heavy atom. The van der Waals surface area contributed by atoms with Crippen molar-refractivity contribution in [2.24, 2.45) is 0 Å². The first kappa shape index (κ1) is 22.7. The van der Waals surface area contributed by atoms with Crippen molar-refractivity contribution in [1.29, 1.82) is 0 Å². The van der Waals surface area contributed by atoms with Crippen LogP contribution in [0.5, 0.6) is 0 Å². The quantitative estimate of drug-likeness (QED) is 0.815. The number of rotatable bonds is 2. The van der Waals surface area contributed by atoms with E-state index in [0.717, 1.165) is 26.1 Å². The molecule has 2 N–H and O–H groups in total. The third kappa shape index (κ3) is 9.37. The molecule has 0 radical (unpaired) electrons. The molecule has 6 heteroatoms. The predicted molar refractivity (Wildman–Crippen MR) is 89.5 cm³/mol. The van der Waals surface area contributed by atoms with E-state index in [9.17, 15) is 0 Å². The average molecular weight is 331 g/mol. The predicted octanol–water partition coefficient (Wildman–Crippen LogP) is 2.39. The molecule has 0 aromatic heterocycles. The molecule has 0 aromatic carbocycles. The zero-order valence-corrected chi connectivity index (χ0v) is 14.8. The van der Waals surface area contributed by atoms with Gasteiger partial charge in [0.05, 0.1) is 12.2 Å². The highest BCUT2D eigenvalue weighted by molar-refractivity contribution is 5.85. The first-order valence-corrected chi connectivity index (χ1v) is 7.23. The maximum atomic E-state index is 5.37. The molecule has 4 atom stereocenters. The molecule has 2 fully saturated rings. The Labute approximate surface area is 136 Å². The number of hydrogen-bond acceptors (Lipinski definition) is 4. The SMILES string of the molecule is CN[C@@H]1CCO[C@@H](C)C1.CN[C@H]1CCO[C@H](C)C1.Cl.Cl. The van der Waals surface area contributed by atoms with E-state index in [2.05, 4.69) is 24.5 Å². The van der Waals surface area contributed by atoms with Crippen molar-refractivity contribution in [1.82, 2.24) is 10.6 Å².